The van der Waals surface area contributed by atoms with Gasteiger partial charge < -0.3 is 4.90 Å². The van der Waals surface area contributed by atoms with Gasteiger partial charge in [0.2, 0.25) is 0 Å². The molecule has 0 aliphatic carbocycles. The van der Waals surface area contributed by atoms with E-state index < -0.39 is 0 Å². The lowest BCUT2D eigenvalue weighted by Gasteiger charge is -2.31. The maximum atomic E-state index is 12.2. The summed E-state index contributed by atoms with van der Waals surface area (Å²) in [5, 5.41) is 0. The molecule has 2 aromatic carbocycles. The second kappa shape index (κ2) is 7.17. The van der Waals surface area contributed by atoms with Gasteiger partial charge in [-0.2, -0.15) is 0 Å². The molecule has 3 rings (SSSR count). The summed E-state index contributed by atoms with van der Waals surface area (Å²) in [6.45, 7) is 3.15. The van der Waals surface area contributed by atoms with Gasteiger partial charge in [0.15, 0.2) is 0 Å². The number of carbonyl (C=O) groups excluding carboxylic acids is 2. The summed E-state index contributed by atoms with van der Waals surface area (Å²) in [7, 11) is 0. The molecular formula is C19H21N3O2. The molecule has 1 aliphatic heterocycles. The second-order valence-electron chi connectivity index (χ2n) is 6.03. The first-order valence-electron chi connectivity index (χ1n) is 8.12. The highest BCUT2D eigenvalue weighted by atomic mass is 16.2. The predicted octanol–water partition coefficient (Wildman–Crippen LogP) is 2.21. The van der Waals surface area contributed by atoms with Crippen molar-refractivity contribution in [2.75, 3.05) is 18.0 Å². The number of rotatable bonds is 3. The van der Waals surface area contributed by atoms with Crippen molar-refractivity contribution < 1.29 is 9.59 Å². The third-order valence-electron chi connectivity index (χ3n) is 4.14. The molecule has 2 amide bonds. The van der Waals surface area contributed by atoms with Gasteiger partial charge >= 0.3 is 0 Å². The summed E-state index contributed by atoms with van der Waals surface area (Å²) in [5.41, 5.74) is 9.08. The smallest absolute Gasteiger partial charge is 0.269 e. The number of aryl methyl sites for hydroxylation is 2. The van der Waals surface area contributed by atoms with Crippen LogP contribution in [0.3, 0.4) is 0 Å². The Morgan fingerprint density at radius 2 is 1.88 bits per heavy atom. The maximum absolute atomic E-state index is 12.2. The van der Waals surface area contributed by atoms with Crippen LogP contribution in [-0.4, -0.2) is 24.9 Å². The fourth-order valence-electron chi connectivity index (χ4n) is 2.97. The number of benzene rings is 2. The van der Waals surface area contributed by atoms with Gasteiger partial charge in [-0.3, -0.25) is 20.4 Å². The monoisotopic (exact) mass is 323 g/mol. The van der Waals surface area contributed by atoms with Crippen molar-refractivity contribution in [3.8, 4) is 0 Å². The lowest BCUT2D eigenvalue weighted by Crippen LogP contribution is -2.47. The number of hydrazine groups is 1. The Kier molecular flexibility index (Phi) is 4.79. The van der Waals surface area contributed by atoms with Gasteiger partial charge in [-0.25, -0.2) is 0 Å². The number of hydrogen-bond acceptors (Lipinski definition) is 3. The van der Waals surface area contributed by atoms with Crippen LogP contribution in [0.5, 0.6) is 0 Å². The first kappa shape index (κ1) is 16.1. The molecule has 0 spiro atoms. The summed E-state index contributed by atoms with van der Waals surface area (Å²) >= 11 is 0. The molecule has 0 bridgehead atoms. The van der Waals surface area contributed by atoms with E-state index in [0.29, 0.717) is 5.56 Å². The summed E-state index contributed by atoms with van der Waals surface area (Å²) in [5.74, 6) is -0.550. The zero-order valence-corrected chi connectivity index (χ0v) is 13.7. The highest BCUT2D eigenvalue weighted by Crippen LogP contribution is 2.27. The quantitative estimate of drug-likeness (QED) is 0.852. The van der Waals surface area contributed by atoms with Gasteiger partial charge in [-0.1, -0.05) is 35.9 Å². The number of carbonyl (C=O) groups is 2. The Morgan fingerprint density at radius 3 is 2.67 bits per heavy atom. The molecule has 5 heteroatoms. The lowest BCUT2D eigenvalue weighted by molar-refractivity contribution is -0.120. The van der Waals surface area contributed by atoms with Crippen molar-refractivity contribution in [3.05, 3.63) is 65.2 Å². The van der Waals surface area contributed by atoms with Crippen LogP contribution in [0, 0.1) is 6.92 Å². The third-order valence-corrected chi connectivity index (χ3v) is 4.14. The minimum atomic E-state index is -0.321. The molecule has 0 atom stereocenters. The molecule has 24 heavy (non-hydrogen) atoms. The van der Waals surface area contributed by atoms with E-state index >= 15 is 0 Å². The molecule has 0 saturated carbocycles. The van der Waals surface area contributed by atoms with E-state index in [-0.39, 0.29) is 18.4 Å². The fourth-order valence-corrected chi connectivity index (χ4v) is 2.97. The largest absolute Gasteiger partial charge is 0.362 e. The molecule has 2 aromatic rings. The van der Waals surface area contributed by atoms with E-state index in [0.717, 1.165) is 25.1 Å². The van der Waals surface area contributed by atoms with E-state index in [1.54, 1.807) is 24.3 Å². The Morgan fingerprint density at radius 1 is 1.08 bits per heavy atom. The fraction of sp³-hybridized carbons (Fsp3) is 0.263. The molecule has 1 aliphatic rings. The van der Waals surface area contributed by atoms with Crippen LogP contribution in [-0.2, 0) is 11.2 Å². The third kappa shape index (κ3) is 3.74. The average molecular weight is 323 g/mol. The van der Waals surface area contributed by atoms with E-state index in [4.69, 9.17) is 0 Å². The average Bonchev–Trinajstić information content (AvgIpc) is 2.60. The van der Waals surface area contributed by atoms with Crippen molar-refractivity contribution in [2.24, 2.45) is 0 Å². The zero-order valence-electron chi connectivity index (χ0n) is 13.7. The number of hydrogen-bond donors (Lipinski definition) is 2. The zero-order chi connectivity index (χ0) is 16.9. The number of nitrogens with one attached hydrogen (secondary N) is 2. The minimum absolute atomic E-state index is 0.227. The maximum Gasteiger partial charge on any atom is 0.269 e. The highest BCUT2D eigenvalue weighted by molar-refractivity contribution is 5.95. The molecular weight excluding hydrogens is 302 g/mol. The number of amides is 2. The van der Waals surface area contributed by atoms with Gasteiger partial charge in [0.1, 0.15) is 0 Å². The predicted molar refractivity (Wildman–Crippen MR) is 93.8 cm³/mol. The first-order chi connectivity index (χ1) is 11.6. The molecule has 0 fully saturated rings. The van der Waals surface area contributed by atoms with E-state index in [2.05, 4.69) is 40.9 Å². The standard InChI is InChI=1S/C19H21N3O2/c1-14-9-10-17-16(12-14)8-5-11-22(17)13-18(23)20-21-19(24)15-6-3-2-4-7-15/h2-4,6-7,9-10,12H,5,8,11,13H2,1H3,(H,20,23)(H,21,24). The van der Waals surface area contributed by atoms with Gasteiger partial charge in [-0.15, -0.1) is 0 Å². The second-order valence-corrected chi connectivity index (χ2v) is 6.03. The van der Waals surface area contributed by atoms with Crippen LogP contribution in [0.25, 0.3) is 0 Å². The SMILES string of the molecule is Cc1ccc2c(c1)CCCN2CC(=O)NNC(=O)c1ccccc1. The molecule has 124 valence electrons. The van der Waals surface area contributed by atoms with Crippen LogP contribution in [0.15, 0.2) is 48.5 Å². The Labute approximate surface area is 141 Å². The van der Waals surface area contributed by atoms with Crippen molar-refractivity contribution in [1.82, 2.24) is 10.9 Å². The normalized spacial score (nSPS) is 13.1. The molecule has 0 unspecified atom stereocenters. The van der Waals surface area contributed by atoms with E-state index in [1.165, 1.54) is 11.1 Å². The summed E-state index contributed by atoms with van der Waals surface area (Å²) in [4.78, 5) is 26.2. The van der Waals surface area contributed by atoms with Crippen molar-refractivity contribution in [2.45, 2.75) is 19.8 Å². The lowest BCUT2D eigenvalue weighted by atomic mass is 9.99. The molecule has 0 saturated heterocycles. The van der Waals surface area contributed by atoms with E-state index in [9.17, 15) is 9.59 Å². The first-order valence-corrected chi connectivity index (χ1v) is 8.12. The Bertz CT molecular complexity index is 744. The van der Waals surface area contributed by atoms with E-state index in [1.807, 2.05) is 6.07 Å². The molecule has 1 heterocycles. The van der Waals surface area contributed by atoms with Crippen LogP contribution in [0.4, 0.5) is 5.69 Å². The topological polar surface area (TPSA) is 61.4 Å². The highest BCUT2D eigenvalue weighted by Gasteiger charge is 2.19. The van der Waals surface area contributed by atoms with Gasteiger partial charge in [-0.05, 0) is 43.5 Å². The van der Waals surface area contributed by atoms with Crippen molar-refractivity contribution in [1.29, 1.82) is 0 Å². The molecule has 0 aromatic heterocycles. The number of fused-ring (bicyclic) bond motifs is 1. The van der Waals surface area contributed by atoms with Crippen LogP contribution in [0.1, 0.15) is 27.9 Å². The molecule has 0 radical (unpaired) electrons. The summed E-state index contributed by atoms with van der Waals surface area (Å²) < 4.78 is 0. The Balaban J connectivity index is 1.57. The van der Waals surface area contributed by atoms with Crippen molar-refractivity contribution in [3.63, 3.8) is 0 Å². The summed E-state index contributed by atoms with van der Waals surface area (Å²) in [6, 6.07) is 15.1. The van der Waals surface area contributed by atoms with Gasteiger partial charge in [0.05, 0.1) is 6.54 Å². The van der Waals surface area contributed by atoms with Crippen LogP contribution in [0.2, 0.25) is 0 Å². The van der Waals surface area contributed by atoms with Gasteiger partial charge in [0.25, 0.3) is 11.8 Å². The van der Waals surface area contributed by atoms with Crippen LogP contribution < -0.4 is 15.8 Å². The number of nitrogens with zero attached hydrogens (tertiary/aromatic N) is 1. The number of anilines is 1. The molecule has 5 nitrogen and oxygen atoms in total. The Hall–Kier alpha value is -2.82. The minimum Gasteiger partial charge on any atom is -0.362 e. The summed E-state index contributed by atoms with van der Waals surface area (Å²) in [6.07, 6.45) is 2.07. The van der Waals surface area contributed by atoms with Gasteiger partial charge in [0, 0.05) is 17.8 Å². The van der Waals surface area contributed by atoms with Crippen molar-refractivity contribution >= 4 is 17.5 Å². The molecule has 2 N–H and O–H groups in total. The van der Waals surface area contributed by atoms with Crippen LogP contribution >= 0.6 is 0 Å².